The molecular weight excluding hydrogens is 384 g/mol. The van der Waals surface area contributed by atoms with Gasteiger partial charge in [0.1, 0.15) is 11.6 Å². The minimum atomic E-state index is -0.0235. The molecule has 4 nitrogen and oxygen atoms in total. The molecule has 2 aromatic carbocycles. The molecule has 1 aliphatic rings. The molecule has 1 aromatic heterocycles. The predicted molar refractivity (Wildman–Crippen MR) is 126 cm³/mol. The van der Waals surface area contributed by atoms with Crippen molar-refractivity contribution in [2.24, 2.45) is 0 Å². The van der Waals surface area contributed by atoms with E-state index in [1.165, 1.54) is 37.7 Å². The van der Waals surface area contributed by atoms with Crippen LogP contribution in [0, 0.1) is 0 Å². The first-order chi connectivity index (χ1) is 15.3. The molecule has 1 fully saturated rings. The molecule has 0 saturated carbocycles. The number of fused-ring (bicyclic) bond motifs is 1. The number of hydrogen-bond acceptors (Lipinski definition) is 3. The standard InChI is InChI=1S/C27H34N2O2/c1-2-3-4-5-6-7-11-16-26(30)29-19-12-15-24(29)27-28-23-20-22(17-18-25(23)31-27)21-13-9-8-10-14-21/h8-10,13-14,17-18,20,24H,2-7,11-12,15-16,19H2,1H3/t24-/m1/s1. The summed E-state index contributed by atoms with van der Waals surface area (Å²) < 4.78 is 6.10. The maximum atomic E-state index is 12.9. The lowest BCUT2D eigenvalue weighted by molar-refractivity contribution is -0.132. The Morgan fingerprint density at radius 2 is 1.77 bits per heavy atom. The number of likely N-dealkylation sites (tertiary alicyclic amines) is 1. The van der Waals surface area contributed by atoms with E-state index in [9.17, 15) is 4.79 Å². The van der Waals surface area contributed by atoms with Gasteiger partial charge < -0.3 is 9.32 Å². The lowest BCUT2D eigenvalue weighted by Gasteiger charge is -2.22. The van der Waals surface area contributed by atoms with Crippen LogP contribution in [0.5, 0.6) is 0 Å². The highest BCUT2D eigenvalue weighted by molar-refractivity contribution is 5.81. The van der Waals surface area contributed by atoms with E-state index >= 15 is 0 Å². The molecule has 1 amide bonds. The van der Waals surface area contributed by atoms with E-state index in [4.69, 9.17) is 9.40 Å². The minimum Gasteiger partial charge on any atom is -0.438 e. The van der Waals surface area contributed by atoms with Crippen LogP contribution in [0.4, 0.5) is 0 Å². The van der Waals surface area contributed by atoms with Crippen molar-refractivity contribution in [2.45, 2.75) is 77.2 Å². The van der Waals surface area contributed by atoms with E-state index in [1.807, 2.05) is 29.2 Å². The van der Waals surface area contributed by atoms with Crippen LogP contribution in [0.1, 0.15) is 83.1 Å². The molecule has 31 heavy (non-hydrogen) atoms. The zero-order chi connectivity index (χ0) is 21.5. The Morgan fingerprint density at radius 1 is 1.00 bits per heavy atom. The van der Waals surface area contributed by atoms with Crippen LogP contribution in [-0.4, -0.2) is 22.3 Å². The van der Waals surface area contributed by atoms with Crippen molar-refractivity contribution >= 4 is 17.0 Å². The molecule has 0 spiro atoms. The number of unbranched alkanes of at least 4 members (excludes halogenated alkanes) is 6. The fourth-order valence-electron chi connectivity index (χ4n) is 4.60. The fraction of sp³-hybridized carbons (Fsp3) is 0.481. The van der Waals surface area contributed by atoms with Gasteiger partial charge in [-0.3, -0.25) is 4.79 Å². The smallest absolute Gasteiger partial charge is 0.223 e. The topological polar surface area (TPSA) is 46.3 Å². The van der Waals surface area contributed by atoms with Gasteiger partial charge in [-0.05, 0) is 42.5 Å². The van der Waals surface area contributed by atoms with Gasteiger partial charge in [0, 0.05) is 13.0 Å². The van der Waals surface area contributed by atoms with Crippen LogP contribution in [0.3, 0.4) is 0 Å². The fourth-order valence-corrected chi connectivity index (χ4v) is 4.60. The normalized spacial score (nSPS) is 16.3. The largest absolute Gasteiger partial charge is 0.438 e. The molecule has 1 aliphatic heterocycles. The second-order valence-corrected chi connectivity index (χ2v) is 8.72. The molecule has 4 heteroatoms. The van der Waals surface area contributed by atoms with Crippen molar-refractivity contribution in [1.29, 1.82) is 0 Å². The molecule has 0 aliphatic carbocycles. The van der Waals surface area contributed by atoms with E-state index in [-0.39, 0.29) is 11.9 Å². The van der Waals surface area contributed by atoms with Gasteiger partial charge in [0.05, 0.1) is 0 Å². The summed E-state index contributed by atoms with van der Waals surface area (Å²) in [5.41, 5.74) is 3.95. The van der Waals surface area contributed by atoms with Gasteiger partial charge in [0.25, 0.3) is 0 Å². The Hall–Kier alpha value is -2.62. The molecule has 0 unspecified atom stereocenters. The number of aromatic nitrogens is 1. The monoisotopic (exact) mass is 418 g/mol. The van der Waals surface area contributed by atoms with Gasteiger partial charge in [0.15, 0.2) is 5.58 Å². The van der Waals surface area contributed by atoms with Crippen LogP contribution >= 0.6 is 0 Å². The van der Waals surface area contributed by atoms with Crippen LogP contribution in [0.2, 0.25) is 0 Å². The molecular formula is C27H34N2O2. The van der Waals surface area contributed by atoms with Gasteiger partial charge in [-0.15, -0.1) is 0 Å². The Kier molecular flexibility index (Phi) is 7.39. The lowest BCUT2D eigenvalue weighted by atomic mass is 10.1. The van der Waals surface area contributed by atoms with Crippen LogP contribution in [0.15, 0.2) is 52.9 Å². The number of carbonyl (C=O) groups is 1. The average Bonchev–Trinajstić information content (AvgIpc) is 3.45. The summed E-state index contributed by atoms with van der Waals surface area (Å²) >= 11 is 0. The first kappa shape index (κ1) is 21.6. The summed E-state index contributed by atoms with van der Waals surface area (Å²) in [4.78, 5) is 19.7. The highest BCUT2D eigenvalue weighted by atomic mass is 16.3. The van der Waals surface area contributed by atoms with Crippen LogP contribution in [0.25, 0.3) is 22.2 Å². The van der Waals surface area contributed by atoms with Crippen LogP contribution < -0.4 is 0 Å². The predicted octanol–water partition coefficient (Wildman–Crippen LogP) is 7.30. The number of hydrogen-bond donors (Lipinski definition) is 0. The van der Waals surface area contributed by atoms with Crippen LogP contribution in [-0.2, 0) is 4.79 Å². The summed E-state index contributed by atoms with van der Waals surface area (Å²) in [5, 5.41) is 0. The Balaban J connectivity index is 1.38. The third-order valence-corrected chi connectivity index (χ3v) is 6.36. The van der Waals surface area contributed by atoms with Gasteiger partial charge >= 0.3 is 0 Å². The minimum absolute atomic E-state index is 0.0235. The second kappa shape index (κ2) is 10.6. The first-order valence-electron chi connectivity index (χ1n) is 12.0. The molecule has 1 saturated heterocycles. The SMILES string of the molecule is CCCCCCCCCC(=O)N1CCC[C@@H]1c1nc2cc(-c3ccccc3)ccc2o1. The second-order valence-electron chi connectivity index (χ2n) is 8.72. The van der Waals surface area contributed by atoms with Crippen molar-refractivity contribution in [1.82, 2.24) is 9.88 Å². The number of nitrogens with zero attached hydrogens (tertiary/aromatic N) is 2. The molecule has 2 heterocycles. The van der Waals surface area contributed by atoms with Crippen molar-refractivity contribution in [2.75, 3.05) is 6.54 Å². The highest BCUT2D eigenvalue weighted by Crippen LogP contribution is 2.35. The Labute approximate surface area is 185 Å². The highest BCUT2D eigenvalue weighted by Gasteiger charge is 2.33. The molecule has 1 atom stereocenters. The molecule has 4 rings (SSSR count). The van der Waals surface area contributed by atoms with Gasteiger partial charge in [-0.1, -0.05) is 81.8 Å². The molecule has 164 valence electrons. The van der Waals surface area contributed by atoms with Crippen molar-refractivity contribution in [3.8, 4) is 11.1 Å². The quantitative estimate of drug-likeness (QED) is 0.325. The third kappa shape index (κ3) is 5.36. The summed E-state index contributed by atoms with van der Waals surface area (Å²) in [5.74, 6) is 0.939. The van der Waals surface area contributed by atoms with Gasteiger partial charge in [-0.25, -0.2) is 4.98 Å². The van der Waals surface area contributed by atoms with E-state index in [0.717, 1.165) is 48.9 Å². The number of benzene rings is 2. The zero-order valence-electron chi connectivity index (χ0n) is 18.7. The first-order valence-corrected chi connectivity index (χ1v) is 12.0. The summed E-state index contributed by atoms with van der Waals surface area (Å²) in [7, 11) is 0. The van der Waals surface area contributed by atoms with Crippen molar-refractivity contribution in [3.63, 3.8) is 0 Å². The summed E-state index contributed by atoms with van der Waals surface area (Å²) in [6.07, 6.45) is 11.2. The number of amides is 1. The van der Waals surface area contributed by atoms with Crippen molar-refractivity contribution in [3.05, 3.63) is 54.4 Å². The maximum absolute atomic E-state index is 12.9. The third-order valence-electron chi connectivity index (χ3n) is 6.36. The summed E-state index contributed by atoms with van der Waals surface area (Å²) in [6, 6.07) is 16.4. The molecule has 0 bridgehead atoms. The van der Waals surface area contributed by atoms with E-state index < -0.39 is 0 Å². The zero-order valence-corrected chi connectivity index (χ0v) is 18.7. The number of carbonyl (C=O) groups excluding carboxylic acids is 1. The summed E-state index contributed by atoms with van der Waals surface area (Å²) in [6.45, 7) is 3.05. The van der Waals surface area contributed by atoms with E-state index in [0.29, 0.717) is 12.3 Å². The van der Waals surface area contributed by atoms with Crippen molar-refractivity contribution < 1.29 is 9.21 Å². The molecule has 0 N–H and O–H groups in total. The van der Waals surface area contributed by atoms with E-state index in [1.54, 1.807) is 0 Å². The lowest BCUT2D eigenvalue weighted by Crippen LogP contribution is -2.30. The molecule has 0 radical (unpaired) electrons. The van der Waals surface area contributed by atoms with Gasteiger partial charge in [-0.2, -0.15) is 0 Å². The maximum Gasteiger partial charge on any atom is 0.223 e. The average molecular weight is 419 g/mol. The molecule has 3 aromatic rings. The number of rotatable bonds is 10. The van der Waals surface area contributed by atoms with E-state index in [2.05, 4.69) is 31.2 Å². The Bertz CT molecular complexity index is 979. The van der Waals surface area contributed by atoms with Gasteiger partial charge in [0.2, 0.25) is 11.8 Å². The number of oxazole rings is 1. The Morgan fingerprint density at radius 3 is 2.58 bits per heavy atom.